The number of hydrogen-bond donors (Lipinski definition) is 0. The Bertz CT molecular complexity index is 733. The average Bonchev–Trinajstić information content (AvgIpc) is 2.67. The van der Waals surface area contributed by atoms with Crippen molar-refractivity contribution in [3.8, 4) is 0 Å². The van der Waals surface area contributed by atoms with Gasteiger partial charge in [0.1, 0.15) is 12.6 Å². The number of benzene rings is 2. The van der Waals surface area contributed by atoms with Crippen LogP contribution in [0.1, 0.15) is 18.1 Å². The molecule has 1 heterocycles. The molecule has 0 aromatic heterocycles. The van der Waals surface area contributed by atoms with E-state index in [9.17, 15) is 9.59 Å². The monoisotopic (exact) mass is 352 g/mol. The van der Waals surface area contributed by atoms with Crippen LogP contribution in [0, 0.1) is 0 Å². The molecule has 5 heteroatoms. The third kappa shape index (κ3) is 4.49. The maximum Gasteiger partial charge on any atom is 0.245 e. The van der Waals surface area contributed by atoms with Crippen molar-refractivity contribution in [2.45, 2.75) is 26.1 Å². The molecule has 0 N–H and O–H groups in total. The van der Waals surface area contributed by atoms with Gasteiger partial charge in [-0.05, 0) is 18.1 Å². The predicted octanol–water partition coefficient (Wildman–Crippen LogP) is 2.46. The van der Waals surface area contributed by atoms with Gasteiger partial charge in [-0.1, -0.05) is 60.7 Å². The van der Waals surface area contributed by atoms with Gasteiger partial charge in [0.05, 0.1) is 13.2 Å². The summed E-state index contributed by atoms with van der Waals surface area (Å²) in [5, 5.41) is 0. The lowest BCUT2D eigenvalue weighted by Crippen LogP contribution is -2.59. The summed E-state index contributed by atoms with van der Waals surface area (Å²) in [4.78, 5) is 28.4. The number of rotatable bonds is 7. The first-order valence-electron chi connectivity index (χ1n) is 8.89. The molecule has 1 saturated heterocycles. The predicted molar refractivity (Wildman–Crippen MR) is 99.1 cm³/mol. The molecule has 1 atom stereocenters. The summed E-state index contributed by atoms with van der Waals surface area (Å²) in [6, 6.07) is 19.2. The zero-order valence-corrected chi connectivity index (χ0v) is 15.0. The maximum atomic E-state index is 12.6. The Labute approximate surface area is 154 Å². The van der Waals surface area contributed by atoms with E-state index in [0.717, 1.165) is 11.1 Å². The lowest BCUT2D eigenvalue weighted by Gasteiger charge is -2.38. The molecule has 2 aromatic carbocycles. The first-order chi connectivity index (χ1) is 12.6. The van der Waals surface area contributed by atoms with E-state index in [1.165, 1.54) is 0 Å². The number of amides is 2. The number of piperazine rings is 1. The van der Waals surface area contributed by atoms with Crippen molar-refractivity contribution in [3.05, 3.63) is 71.8 Å². The zero-order chi connectivity index (χ0) is 18.4. The fourth-order valence-electron chi connectivity index (χ4n) is 3.13. The van der Waals surface area contributed by atoms with Crippen LogP contribution in [0.5, 0.6) is 0 Å². The highest BCUT2D eigenvalue weighted by atomic mass is 16.5. The van der Waals surface area contributed by atoms with Crippen LogP contribution in [-0.2, 0) is 27.5 Å². The van der Waals surface area contributed by atoms with E-state index >= 15 is 0 Å². The van der Waals surface area contributed by atoms with Crippen LogP contribution < -0.4 is 0 Å². The van der Waals surface area contributed by atoms with Crippen LogP contribution in [0.3, 0.4) is 0 Å². The molecule has 0 saturated carbocycles. The lowest BCUT2D eigenvalue weighted by molar-refractivity contribution is -0.156. The van der Waals surface area contributed by atoms with Crippen molar-refractivity contribution < 1.29 is 14.3 Å². The molecule has 1 aliphatic rings. The fourth-order valence-corrected chi connectivity index (χ4v) is 3.13. The Morgan fingerprint density at radius 2 is 1.58 bits per heavy atom. The highest BCUT2D eigenvalue weighted by molar-refractivity contribution is 5.94. The van der Waals surface area contributed by atoms with Gasteiger partial charge >= 0.3 is 0 Å². The van der Waals surface area contributed by atoms with Gasteiger partial charge in [-0.3, -0.25) is 9.59 Å². The molecular weight excluding hydrogens is 328 g/mol. The molecule has 26 heavy (non-hydrogen) atoms. The highest BCUT2D eigenvalue weighted by Gasteiger charge is 2.36. The molecular formula is C21H24N2O3. The van der Waals surface area contributed by atoms with Gasteiger partial charge in [-0.15, -0.1) is 0 Å². The van der Waals surface area contributed by atoms with Crippen LogP contribution >= 0.6 is 0 Å². The summed E-state index contributed by atoms with van der Waals surface area (Å²) >= 11 is 0. The second-order valence-corrected chi connectivity index (χ2v) is 6.48. The van der Waals surface area contributed by atoms with Crippen LogP contribution in [0.15, 0.2) is 60.7 Å². The van der Waals surface area contributed by atoms with Crippen molar-refractivity contribution in [3.63, 3.8) is 0 Å². The van der Waals surface area contributed by atoms with E-state index in [-0.39, 0.29) is 18.4 Å². The number of nitrogens with zero attached hydrogens (tertiary/aromatic N) is 2. The maximum absolute atomic E-state index is 12.6. The van der Waals surface area contributed by atoms with Crippen LogP contribution in [0.4, 0.5) is 0 Å². The van der Waals surface area contributed by atoms with E-state index in [0.29, 0.717) is 26.3 Å². The van der Waals surface area contributed by atoms with E-state index < -0.39 is 6.04 Å². The molecule has 2 aromatic rings. The Balaban J connectivity index is 1.50. The summed E-state index contributed by atoms with van der Waals surface area (Å²) in [5.41, 5.74) is 2.12. The third-order valence-electron chi connectivity index (χ3n) is 4.59. The first kappa shape index (κ1) is 18.1. The molecule has 5 nitrogen and oxygen atoms in total. The molecule has 0 bridgehead atoms. The summed E-state index contributed by atoms with van der Waals surface area (Å²) in [7, 11) is 0. The van der Waals surface area contributed by atoms with Crippen molar-refractivity contribution in [2.24, 2.45) is 0 Å². The van der Waals surface area contributed by atoms with Gasteiger partial charge in [0.2, 0.25) is 11.8 Å². The van der Waals surface area contributed by atoms with Gasteiger partial charge in [0.25, 0.3) is 0 Å². The molecule has 1 fully saturated rings. The Hall–Kier alpha value is -2.66. The third-order valence-corrected chi connectivity index (χ3v) is 4.59. The minimum atomic E-state index is -0.458. The molecule has 2 amide bonds. The first-order valence-corrected chi connectivity index (χ1v) is 8.89. The molecule has 0 radical (unpaired) electrons. The smallest absolute Gasteiger partial charge is 0.245 e. The molecule has 1 aliphatic heterocycles. The van der Waals surface area contributed by atoms with E-state index in [1.54, 1.807) is 16.7 Å². The molecule has 0 aliphatic carbocycles. The largest absolute Gasteiger partial charge is 0.375 e. The van der Waals surface area contributed by atoms with Gasteiger partial charge in [-0.25, -0.2) is 0 Å². The minimum Gasteiger partial charge on any atom is -0.375 e. The number of hydrogen-bond acceptors (Lipinski definition) is 3. The van der Waals surface area contributed by atoms with Crippen LogP contribution in [0.25, 0.3) is 0 Å². The zero-order valence-electron chi connectivity index (χ0n) is 15.0. The van der Waals surface area contributed by atoms with Crippen molar-refractivity contribution in [2.75, 3.05) is 19.7 Å². The van der Waals surface area contributed by atoms with Crippen LogP contribution in [0.2, 0.25) is 0 Å². The van der Waals surface area contributed by atoms with E-state index in [1.807, 2.05) is 60.7 Å². The van der Waals surface area contributed by atoms with E-state index in [2.05, 4.69) is 0 Å². The highest BCUT2D eigenvalue weighted by Crippen LogP contribution is 2.15. The number of ether oxygens (including phenoxy) is 1. The summed E-state index contributed by atoms with van der Waals surface area (Å²) in [5.74, 6) is -0.0483. The Morgan fingerprint density at radius 1 is 0.962 bits per heavy atom. The fraction of sp³-hybridized carbons (Fsp3) is 0.333. The van der Waals surface area contributed by atoms with Crippen LogP contribution in [-0.4, -0.2) is 47.4 Å². The molecule has 136 valence electrons. The van der Waals surface area contributed by atoms with E-state index in [4.69, 9.17) is 4.74 Å². The summed E-state index contributed by atoms with van der Waals surface area (Å²) in [6.07, 6.45) is 0. The van der Waals surface area contributed by atoms with Gasteiger partial charge in [0, 0.05) is 13.1 Å². The number of carbonyl (C=O) groups is 2. The van der Waals surface area contributed by atoms with Crippen molar-refractivity contribution in [1.82, 2.24) is 9.80 Å². The lowest BCUT2D eigenvalue weighted by atomic mass is 10.1. The summed E-state index contributed by atoms with van der Waals surface area (Å²) in [6.45, 7) is 3.72. The topological polar surface area (TPSA) is 49.9 Å². The Kier molecular flexibility index (Phi) is 6.02. The minimum absolute atomic E-state index is 0.0171. The molecule has 3 rings (SSSR count). The molecule has 0 spiro atoms. The summed E-state index contributed by atoms with van der Waals surface area (Å²) < 4.78 is 5.66. The Morgan fingerprint density at radius 3 is 2.23 bits per heavy atom. The second-order valence-electron chi connectivity index (χ2n) is 6.48. The van der Waals surface area contributed by atoms with Crippen molar-refractivity contribution >= 4 is 11.8 Å². The van der Waals surface area contributed by atoms with Crippen molar-refractivity contribution in [1.29, 1.82) is 0 Å². The van der Waals surface area contributed by atoms with Gasteiger partial charge < -0.3 is 14.5 Å². The van der Waals surface area contributed by atoms with Gasteiger partial charge in [-0.2, -0.15) is 0 Å². The standard InChI is InChI=1S/C21H24N2O3/c1-17-21(25)22(14-18-8-4-2-5-9-18)15-20(24)23(17)12-13-26-16-19-10-6-3-7-11-19/h2-11,17H,12-16H2,1H3/t17-/m1/s1. The number of carbonyl (C=O) groups excluding carboxylic acids is 2. The molecule has 0 unspecified atom stereocenters. The average molecular weight is 352 g/mol. The quantitative estimate of drug-likeness (QED) is 0.719. The van der Waals surface area contributed by atoms with Gasteiger partial charge in [0.15, 0.2) is 0 Å². The SMILES string of the molecule is C[C@@H]1C(=O)N(Cc2ccccc2)CC(=O)N1CCOCc1ccccc1. The second kappa shape index (κ2) is 8.63. The normalized spacial score (nSPS) is 17.7.